The van der Waals surface area contributed by atoms with E-state index in [4.69, 9.17) is 4.76 Å². The first kappa shape index (κ1) is 16.3. The van der Waals surface area contributed by atoms with Crippen LogP contribution in [-0.2, 0) is 17.4 Å². The normalized spacial score (nSPS) is 18.1. The molecule has 0 unspecified atom stereocenters. The maximum atomic E-state index is 9.50. The second-order valence-corrected chi connectivity index (χ2v) is 9.08. The van der Waals surface area contributed by atoms with Crippen LogP contribution in [0.2, 0.25) is 0 Å². The fraction of sp³-hybridized carbons (Fsp3) is 0.333. The standard InChI is InChI=1S/C21H22BN3O3/c1-20(2)14-8-9-24(28-22(26)27)17-13-7-5-6-12-10-23-11-15(21(20,3)4)25(18(14)17)19(23)16(12)13/h5-9,11,26-27H,10H2,1-4H3/q+2. The number of nitrogens with zero attached hydrogens (tertiary/aromatic N) is 3. The predicted molar refractivity (Wildman–Crippen MR) is 105 cm³/mol. The van der Waals surface area contributed by atoms with Crippen molar-refractivity contribution in [2.75, 3.05) is 0 Å². The van der Waals surface area contributed by atoms with Crippen LogP contribution >= 0.6 is 0 Å². The molecule has 6 nitrogen and oxygen atoms in total. The second-order valence-electron chi connectivity index (χ2n) is 9.08. The first-order valence-corrected chi connectivity index (χ1v) is 9.64. The van der Waals surface area contributed by atoms with Crippen LogP contribution in [0.15, 0.2) is 36.7 Å². The van der Waals surface area contributed by atoms with E-state index in [1.807, 2.05) is 6.07 Å². The Hall–Kier alpha value is -2.64. The molecule has 0 radical (unpaired) electrons. The summed E-state index contributed by atoms with van der Waals surface area (Å²) >= 11 is 0. The fourth-order valence-electron chi connectivity index (χ4n) is 5.28. The average molecular weight is 375 g/mol. The van der Waals surface area contributed by atoms with E-state index in [2.05, 4.69) is 61.1 Å². The predicted octanol–water partition coefficient (Wildman–Crippen LogP) is 1.15. The Morgan fingerprint density at radius 2 is 1.89 bits per heavy atom. The molecular formula is C21H22BN3O3+2. The molecule has 3 aromatic heterocycles. The van der Waals surface area contributed by atoms with E-state index in [9.17, 15) is 10.0 Å². The lowest BCUT2D eigenvalue weighted by Gasteiger charge is -2.40. The molecule has 4 aromatic rings. The highest BCUT2D eigenvalue weighted by molar-refractivity contribution is 6.33. The molecular weight excluding hydrogens is 353 g/mol. The Bertz CT molecular complexity index is 1350. The molecule has 140 valence electrons. The molecule has 1 aromatic carbocycles. The minimum atomic E-state index is -1.89. The maximum Gasteiger partial charge on any atom is 0.728 e. The highest BCUT2D eigenvalue weighted by Crippen LogP contribution is 2.48. The molecule has 0 aliphatic carbocycles. The van der Waals surface area contributed by atoms with E-state index >= 15 is 0 Å². The third kappa shape index (κ3) is 1.60. The summed E-state index contributed by atoms with van der Waals surface area (Å²) in [4.78, 5) is 0. The summed E-state index contributed by atoms with van der Waals surface area (Å²) in [6.07, 6.45) is 4.09. The summed E-state index contributed by atoms with van der Waals surface area (Å²) < 4.78 is 11.6. The van der Waals surface area contributed by atoms with E-state index in [0.29, 0.717) is 0 Å². The highest BCUT2D eigenvalue weighted by atomic mass is 16.7. The SMILES string of the molecule is CC1(C)c2ccn(OB(O)O)c3c4cccc5c4c4[n+](cc([n+]4c23)C1(C)C)C5. The van der Waals surface area contributed by atoms with Gasteiger partial charge < -0.3 is 14.8 Å². The Balaban J connectivity index is 1.97. The first-order valence-electron chi connectivity index (χ1n) is 9.64. The van der Waals surface area contributed by atoms with Crippen molar-refractivity contribution in [2.24, 2.45) is 0 Å². The summed E-state index contributed by atoms with van der Waals surface area (Å²) in [6.45, 7) is 10.0. The molecule has 5 heterocycles. The Morgan fingerprint density at radius 1 is 1.11 bits per heavy atom. The number of rotatable bonds is 2. The molecule has 0 saturated carbocycles. The number of benzene rings is 1. The van der Waals surface area contributed by atoms with Crippen LogP contribution in [0.5, 0.6) is 0 Å². The van der Waals surface area contributed by atoms with Gasteiger partial charge in [-0.05, 0) is 19.9 Å². The van der Waals surface area contributed by atoms with Crippen molar-refractivity contribution in [3.05, 3.63) is 53.5 Å². The Labute approximate surface area is 162 Å². The lowest BCUT2D eigenvalue weighted by Crippen LogP contribution is -2.51. The van der Waals surface area contributed by atoms with Crippen LogP contribution in [0, 0.1) is 0 Å². The van der Waals surface area contributed by atoms with Gasteiger partial charge in [0.1, 0.15) is 5.39 Å². The van der Waals surface area contributed by atoms with Crippen molar-refractivity contribution in [1.29, 1.82) is 0 Å². The zero-order valence-corrected chi connectivity index (χ0v) is 16.4. The van der Waals surface area contributed by atoms with E-state index in [1.54, 1.807) is 6.20 Å². The molecule has 2 aliphatic rings. The minimum absolute atomic E-state index is 0.0788. The molecule has 0 atom stereocenters. The molecule has 0 saturated heterocycles. The number of imidazole rings is 1. The van der Waals surface area contributed by atoms with Crippen molar-refractivity contribution in [2.45, 2.75) is 45.1 Å². The summed E-state index contributed by atoms with van der Waals surface area (Å²) in [5.74, 6) is 0. The van der Waals surface area contributed by atoms with Crippen LogP contribution in [0.3, 0.4) is 0 Å². The van der Waals surface area contributed by atoms with Crippen LogP contribution in [0.4, 0.5) is 0 Å². The topological polar surface area (TPSA) is 62.6 Å². The van der Waals surface area contributed by atoms with Gasteiger partial charge in [0.15, 0.2) is 12.1 Å². The molecule has 2 aliphatic heterocycles. The van der Waals surface area contributed by atoms with E-state index < -0.39 is 7.32 Å². The third-order valence-electron chi connectivity index (χ3n) is 7.36. The molecule has 0 spiro atoms. The largest absolute Gasteiger partial charge is 0.728 e. The van der Waals surface area contributed by atoms with Gasteiger partial charge in [0, 0.05) is 28.1 Å². The van der Waals surface area contributed by atoms with Crippen molar-refractivity contribution >= 4 is 34.8 Å². The lowest BCUT2D eigenvalue weighted by atomic mass is 9.61. The molecule has 2 N–H and O–H groups in total. The van der Waals surface area contributed by atoms with Crippen molar-refractivity contribution < 1.29 is 23.8 Å². The Morgan fingerprint density at radius 3 is 2.64 bits per heavy atom. The molecule has 7 heteroatoms. The smallest absolute Gasteiger partial charge is 0.421 e. The third-order valence-corrected chi connectivity index (χ3v) is 7.36. The quantitative estimate of drug-likeness (QED) is 0.277. The van der Waals surface area contributed by atoms with Crippen LogP contribution in [0.1, 0.15) is 44.5 Å². The summed E-state index contributed by atoms with van der Waals surface area (Å²) in [5.41, 5.74) is 6.72. The second kappa shape index (κ2) is 4.67. The zero-order chi connectivity index (χ0) is 19.6. The van der Waals surface area contributed by atoms with Gasteiger partial charge in [-0.1, -0.05) is 36.4 Å². The monoisotopic (exact) mass is 375 g/mol. The van der Waals surface area contributed by atoms with Gasteiger partial charge >= 0.3 is 13.0 Å². The molecule has 0 fully saturated rings. The van der Waals surface area contributed by atoms with Crippen molar-refractivity contribution in [3.63, 3.8) is 0 Å². The van der Waals surface area contributed by atoms with E-state index in [1.165, 1.54) is 32.6 Å². The first-order chi connectivity index (χ1) is 13.2. The minimum Gasteiger partial charge on any atom is -0.421 e. The van der Waals surface area contributed by atoms with Gasteiger partial charge in [0.2, 0.25) is 11.7 Å². The van der Waals surface area contributed by atoms with Crippen LogP contribution < -0.4 is 13.7 Å². The van der Waals surface area contributed by atoms with Crippen LogP contribution in [-0.4, -0.2) is 22.1 Å². The summed E-state index contributed by atoms with van der Waals surface area (Å²) in [5, 5.41) is 21.3. The fourth-order valence-corrected chi connectivity index (χ4v) is 5.28. The van der Waals surface area contributed by atoms with E-state index in [-0.39, 0.29) is 10.8 Å². The van der Waals surface area contributed by atoms with Gasteiger partial charge in [-0.15, -0.1) is 4.57 Å². The van der Waals surface area contributed by atoms with Crippen molar-refractivity contribution in [3.8, 4) is 0 Å². The highest BCUT2D eigenvalue weighted by Gasteiger charge is 2.56. The average Bonchev–Trinajstić information content (AvgIpc) is 3.16. The summed E-state index contributed by atoms with van der Waals surface area (Å²) in [6, 6.07) is 8.37. The molecule has 6 rings (SSSR count). The maximum absolute atomic E-state index is 9.50. The van der Waals surface area contributed by atoms with Gasteiger partial charge in [0.25, 0.3) is 5.69 Å². The Kier molecular flexibility index (Phi) is 2.72. The number of fused-ring (bicyclic) bond motifs is 1. The van der Waals surface area contributed by atoms with Gasteiger partial charge in [-0.2, -0.15) is 4.73 Å². The molecule has 0 amide bonds. The number of hydrogen-bond donors (Lipinski definition) is 2. The van der Waals surface area contributed by atoms with Crippen LogP contribution in [0.25, 0.3) is 27.5 Å². The van der Waals surface area contributed by atoms with Gasteiger partial charge in [-0.25, -0.2) is 0 Å². The lowest BCUT2D eigenvalue weighted by molar-refractivity contribution is -0.689. The number of aromatic nitrogens is 3. The zero-order valence-electron chi connectivity index (χ0n) is 16.4. The molecule has 0 bridgehead atoms. The van der Waals surface area contributed by atoms with Gasteiger partial charge in [-0.3, -0.25) is 0 Å². The number of hydrogen-bond acceptors (Lipinski definition) is 3. The van der Waals surface area contributed by atoms with Crippen molar-refractivity contribution in [1.82, 2.24) is 4.73 Å². The summed E-state index contributed by atoms with van der Waals surface area (Å²) in [7, 11) is -1.89. The van der Waals surface area contributed by atoms with Gasteiger partial charge in [0.05, 0.1) is 5.41 Å². The van der Waals surface area contributed by atoms with E-state index in [0.717, 1.165) is 23.0 Å². The molecule has 28 heavy (non-hydrogen) atoms. The number of pyridine rings is 2.